The minimum Gasteiger partial charge on any atom is -0.464 e. The maximum Gasteiger partial charge on any atom is 0.390 e. The average Bonchev–Trinajstić information content (AvgIpc) is 3.07. The normalized spacial score (nSPS) is 16.4. The van der Waals surface area contributed by atoms with Crippen LogP contribution in [0.5, 0.6) is 0 Å². The zero-order valence-corrected chi connectivity index (χ0v) is 12.3. The van der Waals surface area contributed by atoms with Crippen LogP contribution in [0, 0.1) is 6.92 Å². The Morgan fingerprint density at radius 2 is 2.05 bits per heavy atom. The molecule has 0 unspecified atom stereocenters. The number of aryl methyl sites for hydroxylation is 1. The van der Waals surface area contributed by atoms with Gasteiger partial charge in [0, 0.05) is 18.7 Å². The Balaban J connectivity index is 1.97. The topological polar surface area (TPSA) is 71.3 Å². The van der Waals surface area contributed by atoms with Crippen LogP contribution in [0.15, 0.2) is 15.4 Å². The van der Waals surface area contributed by atoms with Crippen LogP contribution in [0.25, 0.3) is 0 Å². The molecule has 120 valence electrons. The minimum absolute atomic E-state index is 0.114. The highest BCUT2D eigenvalue weighted by atomic mass is 32.2. The van der Waals surface area contributed by atoms with Crippen LogP contribution in [-0.4, -0.2) is 27.2 Å². The van der Waals surface area contributed by atoms with Gasteiger partial charge in [0.2, 0.25) is 10.0 Å². The van der Waals surface area contributed by atoms with E-state index >= 15 is 0 Å². The standard InChI is InChI=1S/C12H17F3N2O3S/c1-8-11(6-10(20-8)7-16-9-2-3-9)21(18,19)17-5-4-12(13,14)15/h6,9,16-17H,2-5,7H2,1H3. The van der Waals surface area contributed by atoms with E-state index in [9.17, 15) is 21.6 Å². The van der Waals surface area contributed by atoms with Gasteiger partial charge in [-0.3, -0.25) is 0 Å². The molecule has 1 fully saturated rings. The molecule has 5 nitrogen and oxygen atoms in total. The zero-order chi connectivity index (χ0) is 15.7. The third-order valence-corrected chi connectivity index (χ3v) is 4.62. The fourth-order valence-electron chi connectivity index (χ4n) is 1.82. The number of alkyl halides is 3. The summed E-state index contributed by atoms with van der Waals surface area (Å²) in [4.78, 5) is -0.114. The van der Waals surface area contributed by atoms with Gasteiger partial charge in [-0.05, 0) is 19.8 Å². The summed E-state index contributed by atoms with van der Waals surface area (Å²) in [6.07, 6.45) is -3.43. The summed E-state index contributed by atoms with van der Waals surface area (Å²) < 4.78 is 67.3. The van der Waals surface area contributed by atoms with Gasteiger partial charge in [-0.2, -0.15) is 13.2 Å². The first-order chi connectivity index (χ1) is 9.67. The van der Waals surface area contributed by atoms with E-state index in [1.807, 2.05) is 4.72 Å². The molecule has 2 rings (SSSR count). The monoisotopic (exact) mass is 326 g/mol. The molecule has 0 radical (unpaired) electrons. The summed E-state index contributed by atoms with van der Waals surface area (Å²) in [6.45, 7) is 1.19. The molecule has 0 aliphatic heterocycles. The predicted octanol–water partition coefficient (Wildman–Crippen LogP) is 2.07. The van der Waals surface area contributed by atoms with E-state index in [4.69, 9.17) is 4.42 Å². The fourth-order valence-corrected chi connectivity index (χ4v) is 3.05. The van der Waals surface area contributed by atoms with Gasteiger partial charge in [-0.1, -0.05) is 0 Å². The summed E-state index contributed by atoms with van der Waals surface area (Å²) in [6, 6.07) is 1.79. The van der Waals surface area contributed by atoms with E-state index in [2.05, 4.69) is 5.32 Å². The molecule has 1 aliphatic carbocycles. The number of furan rings is 1. The summed E-state index contributed by atoms with van der Waals surface area (Å²) in [5.41, 5.74) is 0. The lowest BCUT2D eigenvalue weighted by molar-refractivity contribution is -0.132. The third kappa shape index (κ3) is 5.01. The van der Waals surface area contributed by atoms with E-state index < -0.39 is 29.2 Å². The molecule has 1 heterocycles. The first-order valence-electron chi connectivity index (χ1n) is 6.56. The lowest BCUT2D eigenvalue weighted by Crippen LogP contribution is -2.28. The van der Waals surface area contributed by atoms with Crippen molar-refractivity contribution in [1.82, 2.24) is 10.0 Å². The van der Waals surface area contributed by atoms with Crippen molar-refractivity contribution in [3.8, 4) is 0 Å². The maximum atomic E-state index is 12.0. The number of nitrogens with one attached hydrogen (secondary N) is 2. The van der Waals surface area contributed by atoms with Gasteiger partial charge >= 0.3 is 6.18 Å². The van der Waals surface area contributed by atoms with Crippen molar-refractivity contribution in [2.24, 2.45) is 0 Å². The SMILES string of the molecule is Cc1oc(CNC2CC2)cc1S(=O)(=O)NCCC(F)(F)F. The molecule has 1 aromatic rings. The summed E-state index contributed by atoms with van der Waals surface area (Å²) in [5.74, 6) is 0.623. The molecule has 9 heteroatoms. The van der Waals surface area contributed by atoms with Crippen LogP contribution in [-0.2, 0) is 16.6 Å². The van der Waals surface area contributed by atoms with Gasteiger partial charge in [-0.15, -0.1) is 0 Å². The molecular formula is C12H17F3N2O3S. The Hall–Kier alpha value is -1.06. The molecule has 0 aromatic carbocycles. The van der Waals surface area contributed by atoms with Crippen LogP contribution in [0.4, 0.5) is 13.2 Å². The van der Waals surface area contributed by atoms with Crippen molar-refractivity contribution in [3.63, 3.8) is 0 Å². The number of sulfonamides is 1. The number of halogens is 3. The number of hydrogen-bond acceptors (Lipinski definition) is 4. The molecule has 0 amide bonds. The molecule has 1 aliphatic rings. The highest BCUT2D eigenvalue weighted by molar-refractivity contribution is 7.89. The van der Waals surface area contributed by atoms with Crippen LogP contribution in [0.2, 0.25) is 0 Å². The Bertz CT molecular complexity index is 591. The van der Waals surface area contributed by atoms with Crippen molar-refractivity contribution in [3.05, 3.63) is 17.6 Å². The van der Waals surface area contributed by atoms with Gasteiger partial charge in [0.15, 0.2) is 0 Å². The van der Waals surface area contributed by atoms with E-state index in [1.54, 1.807) is 0 Å². The third-order valence-electron chi connectivity index (χ3n) is 3.06. The van der Waals surface area contributed by atoms with Gasteiger partial charge < -0.3 is 9.73 Å². The lowest BCUT2D eigenvalue weighted by Gasteiger charge is -2.07. The molecule has 21 heavy (non-hydrogen) atoms. The molecule has 0 bridgehead atoms. The zero-order valence-electron chi connectivity index (χ0n) is 11.5. The van der Waals surface area contributed by atoms with Crippen molar-refractivity contribution >= 4 is 10.0 Å². The number of hydrogen-bond donors (Lipinski definition) is 2. The van der Waals surface area contributed by atoms with Gasteiger partial charge in [-0.25, -0.2) is 13.1 Å². The smallest absolute Gasteiger partial charge is 0.390 e. The molecule has 0 saturated heterocycles. The van der Waals surface area contributed by atoms with Crippen LogP contribution < -0.4 is 10.0 Å². The Morgan fingerprint density at radius 1 is 1.38 bits per heavy atom. The second-order valence-electron chi connectivity index (χ2n) is 5.05. The lowest BCUT2D eigenvalue weighted by atomic mass is 10.4. The van der Waals surface area contributed by atoms with Gasteiger partial charge in [0.25, 0.3) is 0 Å². The van der Waals surface area contributed by atoms with Gasteiger partial charge in [0.05, 0.1) is 13.0 Å². The molecule has 0 spiro atoms. The van der Waals surface area contributed by atoms with Crippen molar-refractivity contribution in [2.75, 3.05) is 6.54 Å². The number of rotatable bonds is 7. The molecule has 1 aromatic heterocycles. The fraction of sp³-hybridized carbons (Fsp3) is 0.667. The molecule has 1 saturated carbocycles. The van der Waals surface area contributed by atoms with Crippen LogP contribution >= 0.6 is 0 Å². The summed E-state index contributed by atoms with van der Waals surface area (Å²) in [7, 11) is -3.99. The summed E-state index contributed by atoms with van der Waals surface area (Å²) >= 11 is 0. The van der Waals surface area contributed by atoms with E-state index in [0.29, 0.717) is 18.3 Å². The Morgan fingerprint density at radius 3 is 2.62 bits per heavy atom. The van der Waals surface area contributed by atoms with Crippen LogP contribution in [0.3, 0.4) is 0 Å². The second-order valence-corrected chi connectivity index (χ2v) is 6.79. The Kier molecular flexibility index (Phi) is 4.64. The first kappa shape index (κ1) is 16.3. The van der Waals surface area contributed by atoms with Gasteiger partial charge in [0.1, 0.15) is 16.4 Å². The van der Waals surface area contributed by atoms with Crippen LogP contribution in [0.1, 0.15) is 30.8 Å². The van der Waals surface area contributed by atoms with E-state index in [1.165, 1.54) is 13.0 Å². The highest BCUT2D eigenvalue weighted by Crippen LogP contribution is 2.23. The van der Waals surface area contributed by atoms with E-state index in [0.717, 1.165) is 12.8 Å². The maximum absolute atomic E-state index is 12.0. The molecule has 0 atom stereocenters. The average molecular weight is 326 g/mol. The minimum atomic E-state index is -4.40. The predicted molar refractivity (Wildman–Crippen MR) is 69.2 cm³/mol. The quantitative estimate of drug-likeness (QED) is 0.805. The summed E-state index contributed by atoms with van der Waals surface area (Å²) in [5, 5.41) is 3.17. The van der Waals surface area contributed by atoms with Crippen molar-refractivity contribution in [1.29, 1.82) is 0 Å². The second kappa shape index (κ2) is 5.98. The van der Waals surface area contributed by atoms with Crippen molar-refractivity contribution in [2.45, 2.75) is 49.8 Å². The first-order valence-corrected chi connectivity index (χ1v) is 8.05. The van der Waals surface area contributed by atoms with E-state index in [-0.39, 0.29) is 10.7 Å². The largest absolute Gasteiger partial charge is 0.464 e. The highest BCUT2D eigenvalue weighted by Gasteiger charge is 2.29. The Labute approximate surface area is 120 Å². The molecular weight excluding hydrogens is 309 g/mol. The van der Waals surface area contributed by atoms with Crippen molar-refractivity contribution < 1.29 is 26.0 Å². The molecule has 2 N–H and O–H groups in total.